The maximum atomic E-state index is 12.9. The van der Waals surface area contributed by atoms with Crippen molar-refractivity contribution < 1.29 is 14.3 Å². The molecule has 8 atom stereocenters. The van der Waals surface area contributed by atoms with Crippen LogP contribution in [0, 0.1) is 34.5 Å². The molecule has 4 saturated carbocycles. The Morgan fingerprint density at radius 1 is 1.15 bits per heavy atom. The van der Waals surface area contributed by atoms with Gasteiger partial charge in [-0.2, -0.15) is 0 Å². The van der Waals surface area contributed by atoms with E-state index < -0.39 is 6.04 Å². The number of Topliss-reactive ketones (excluding diaryl/α,β-unsaturated/α-hetero) is 1. The Bertz CT molecular complexity index is 703. The fourth-order valence-electron chi connectivity index (χ4n) is 7.51. The third kappa shape index (κ3) is 2.79. The Balaban J connectivity index is 1.56. The van der Waals surface area contributed by atoms with Gasteiger partial charge in [-0.1, -0.05) is 19.0 Å². The Kier molecular flexibility index (Phi) is 4.53. The first-order valence-electron chi connectivity index (χ1n) is 10.6. The molecule has 0 radical (unpaired) electrons. The molecule has 0 aromatic rings. The second-order valence-electron chi connectivity index (χ2n) is 9.94. The Morgan fingerprint density at radius 3 is 2.63 bits per heavy atom. The largest absolute Gasteiger partial charge is 0.463 e. The van der Waals surface area contributed by atoms with Gasteiger partial charge in [-0.25, -0.2) is 0 Å². The smallest absolute Gasteiger partial charge is 0.302 e. The molecule has 0 aromatic heterocycles. The molecule has 4 fully saturated rings. The number of hydrogen-bond donors (Lipinski definition) is 0. The van der Waals surface area contributed by atoms with Crippen molar-refractivity contribution in [3.8, 4) is 0 Å². The lowest BCUT2D eigenvalue weighted by atomic mass is 9.45. The number of carbonyl (C=O) groups excluding carboxylic acids is 2. The molecule has 0 heterocycles. The predicted octanol–water partition coefficient (Wildman–Crippen LogP) is 4.82. The molecule has 0 unspecified atom stereocenters. The van der Waals surface area contributed by atoms with Gasteiger partial charge < -0.3 is 4.74 Å². The van der Waals surface area contributed by atoms with Crippen LogP contribution in [0.3, 0.4) is 0 Å². The Labute approximate surface area is 161 Å². The van der Waals surface area contributed by atoms with E-state index in [-0.39, 0.29) is 28.7 Å². The molecule has 0 N–H and O–H groups in total. The first-order chi connectivity index (χ1) is 12.8. The molecule has 6 heteroatoms. The summed E-state index contributed by atoms with van der Waals surface area (Å²) < 4.78 is 5.53. The van der Waals surface area contributed by atoms with E-state index >= 15 is 0 Å². The van der Waals surface area contributed by atoms with Crippen molar-refractivity contribution in [2.24, 2.45) is 39.6 Å². The van der Waals surface area contributed by atoms with Crippen molar-refractivity contribution in [3.63, 3.8) is 0 Å². The SMILES string of the molecule is CC(=O)O[C@H]1CC[C@@]2(C)[C@@H](CC[C@@H]3[C@@H]2CC[C@]2(C)C(=O)[C@H](N=[N+]=[N-])C[C@@H]32)C1. The van der Waals surface area contributed by atoms with E-state index in [2.05, 4.69) is 23.9 Å². The van der Waals surface area contributed by atoms with Crippen LogP contribution >= 0.6 is 0 Å². The summed E-state index contributed by atoms with van der Waals surface area (Å²) >= 11 is 0. The quantitative estimate of drug-likeness (QED) is 0.301. The van der Waals surface area contributed by atoms with E-state index in [1.807, 2.05) is 0 Å². The van der Waals surface area contributed by atoms with E-state index in [4.69, 9.17) is 10.3 Å². The number of ether oxygens (including phenoxy) is 1. The summed E-state index contributed by atoms with van der Waals surface area (Å²) in [4.78, 5) is 27.2. The summed E-state index contributed by atoms with van der Waals surface area (Å²) in [6.07, 6.45) is 8.18. The fraction of sp³-hybridized carbons (Fsp3) is 0.905. The summed E-state index contributed by atoms with van der Waals surface area (Å²) in [5.41, 5.74) is 8.82. The maximum absolute atomic E-state index is 12.9. The van der Waals surface area contributed by atoms with Gasteiger partial charge >= 0.3 is 5.97 Å². The van der Waals surface area contributed by atoms with E-state index in [0.717, 1.165) is 51.4 Å². The van der Waals surface area contributed by atoms with Crippen LogP contribution in [0.1, 0.15) is 72.1 Å². The zero-order valence-electron chi connectivity index (χ0n) is 16.7. The van der Waals surface area contributed by atoms with Crippen LogP contribution in [0.5, 0.6) is 0 Å². The number of ketones is 1. The highest BCUT2D eigenvalue weighted by Crippen LogP contribution is 2.65. The summed E-state index contributed by atoms with van der Waals surface area (Å²) in [6, 6.07) is -0.464. The van der Waals surface area contributed by atoms with Crippen molar-refractivity contribution >= 4 is 11.8 Å². The van der Waals surface area contributed by atoms with Gasteiger partial charge in [-0.05, 0) is 86.0 Å². The highest BCUT2D eigenvalue weighted by atomic mass is 16.5. The Morgan fingerprint density at radius 2 is 1.93 bits per heavy atom. The van der Waals surface area contributed by atoms with Gasteiger partial charge in [-0.3, -0.25) is 9.59 Å². The van der Waals surface area contributed by atoms with Gasteiger partial charge in [-0.15, -0.1) is 0 Å². The van der Waals surface area contributed by atoms with Gasteiger partial charge in [0.05, 0.1) is 6.04 Å². The first kappa shape index (κ1) is 18.8. The standard InChI is InChI=1S/C21H31N3O3/c1-12(25)27-14-6-8-20(2)13(10-14)4-5-15-16(20)7-9-21(3)17(15)11-18(19(21)26)23-24-22/h13-18H,4-11H2,1-3H3/t13-,14-,15+,16-,17-,18+,20-,21-/m0/s1. The summed E-state index contributed by atoms with van der Waals surface area (Å²) in [5.74, 6) is 2.15. The zero-order chi connectivity index (χ0) is 19.4. The van der Waals surface area contributed by atoms with Gasteiger partial charge in [0.25, 0.3) is 0 Å². The number of azide groups is 1. The third-order valence-electron chi connectivity index (χ3n) is 8.87. The number of hydrogen-bond acceptors (Lipinski definition) is 4. The summed E-state index contributed by atoms with van der Waals surface area (Å²) in [5, 5.41) is 3.83. The molecule has 0 spiro atoms. The minimum Gasteiger partial charge on any atom is -0.463 e. The highest BCUT2D eigenvalue weighted by molar-refractivity contribution is 5.92. The molecule has 0 bridgehead atoms. The number of fused-ring (bicyclic) bond motifs is 5. The summed E-state index contributed by atoms with van der Waals surface area (Å²) in [7, 11) is 0. The van der Waals surface area contributed by atoms with Crippen LogP contribution in [0.2, 0.25) is 0 Å². The van der Waals surface area contributed by atoms with Crippen LogP contribution in [0.25, 0.3) is 10.4 Å². The average Bonchev–Trinajstić information content (AvgIpc) is 2.87. The van der Waals surface area contributed by atoms with Gasteiger partial charge in [0.15, 0.2) is 0 Å². The van der Waals surface area contributed by atoms with Crippen LogP contribution in [-0.4, -0.2) is 23.9 Å². The third-order valence-corrected chi connectivity index (χ3v) is 8.87. The van der Waals surface area contributed by atoms with Crippen LogP contribution in [-0.2, 0) is 14.3 Å². The average molecular weight is 373 g/mol. The zero-order valence-corrected chi connectivity index (χ0v) is 16.7. The van der Waals surface area contributed by atoms with Crippen molar-refractivity contribution in [2.45, 2.75) is 84.3 Å². The lowest BCUT2D eigenvalue weighted by molar-refractivity contribution is -0.160. The lowest BCUT2D eigenvalue weighted by Crippen LogP contribution is -2.54. The minimum absolute atomic E-state index is 0.0772. The summed E-state index contributed by atoms with van der Waals surface area (Å²) in [6.45, 7) is 6.07. The number of esters is 1. The molecule has 6 nitrogen and oxygen atoms in total. The molecule has 148 valence electrons. The van der Waals surface area contributed by atoms with Crippen molar-refractivity contribution in [3.05, 3.63) is 10.4 Å². The van der Waals surface area contributed by atoms with E-state index in [0.29, 0.717) is 23.7 Å². The van der Waals surface area contributed by atoms with Crippen molar-refractivity contribution in [2.75, 3.05) is 0 Å². The van der Waals surface area contributed by atoms with Gasteiger partial charge in [0.2, 0.25) is 0 Å². The molecule has 0 aromatic carbocycles. The maximum Gasteiger partial charge on any atom is 0.302 e. The van der Waals surface area contributed by atoms with Crippen LogP contribution in [0.4, 0.5) is 0 Å². The molecule has 4 rings (SSSR count). The molecular weight excluding hydrogens is 342 g/mol. The highest BCUT2D eigenvalue weighted by Gasteiger charge is 2.62. The number of rotatable bonds is 2. The van der Waals surface area contributed by atoms with Crippen molar-refractivity contribution in [1.29, 1.82) is 0 Å². The molecule has 0 aliphatic heterocycles. The van der Waals surface area contributed by atoms with Crippen LogP contribution < -0.4 is 0 Å². The van der Waals surface area contributed by atoms with E-state index in [1.165, 1.54) is 6.92 Å². The van der Waals surface area contributed by atoms with Gasteiger partial charge in [0.1, 0.15) is 11.9 Å². The predicted molar refractivity (Wildman–Crippen MR) is 101 cm³/mol. The molecule has 27 heavy (non-hydrogen) atoms. The molecule has 4 aliphatic carbocycles. The first-order valence-corrected chi connectivity index (χ1v) is 10.6. The second kappa shape index (κ2) is 6.51. The van der Waals surface area contributed by atoms with E-state index in [9.17, 15) is 9.59 Å². The Hall–Kier alpha value is -1.55. The molecule has 4 aliphatic rings. The van der Waals surface area contributed by atoms with Gasteiger partial charge in [0, 0.05) is 17.3 Å². The minimum atomic E-state index is -0.464. The number of carbonyl (C=O) groups is 2. The molecular formula is C21H31N3O3. The second-order valence-corrected chi connectivity index (χ2v) is 9.94. The lowest BCUT2D eigenvalue weighted by Gasteiger charge is -2.60. The van der Waals surface area contributed by atoms with E-state index in [1.54, 1.807) is 0 Å². The molecule has 0 amide bonds. The topological polar surface area (TPSA) is 92.1 Å². The monoisotopic (exact) mass is 373 g/mol. The molecule has 0 saturated heterocycles. The normalized spacial score (nSPS) is 48.6. The van der Waals surface area contributed by atoms with Crippen LogP contribution in [0.15, 0.2) is 5.11 Å². The van der Waals surface area contributed by atoms with Crippen molar-refractivity contribution in [1.82, 2.24) is 0 Å². The number of nitrogens with zero attached hydrogens (tertiary/aromatic N) is 3. The fourth-order valence-corrected chi connectivity index (χ4v) is 7.51.